The molecular weight excluding hydrogens is 446 g/mol. The van der Waals surface area contributed by atoms with Gasteiger partial charge in [-0.25, -0.2) is 18.0 Å². The maximum absolute atomic E-state index is 13.3. The van der Waals surface area contributed by atoms with Gasteiger partial charge in [-0.3, -0.25) is 14.4 Å². The Kier molecular flexibility index (Phi) is 6.78. The van der Waals surface area contributed by atoms with Crippen LogP contribution in [0, 0.1) is 0 Å². The van der Waals surface area contributed by atoms with Gasteiger partial charge in [0, 0.05) is 11.6 Å². The number of sulfonamides is 1. The predicted molar refractivity (Wildman–Crippen MR) is 122 cm³/mol. The first-order chi connectivity index (χ1) is 15.4. The minimum absolute atomic E-state index is 0.0249. The van der Waals surface area contributed by atoms with Crippen LogP contribution in [0.4, 0.5) is 10.5 Å². The highest BCUT2D eigenvalue weighted by Crippen LogP contribution is 2.36. The van der Waals surface area contributed by atoms with E-state index in [1.54, 1.807) is 32.9 Å². The lowest BCUT2D eigenvalue weighted by molar-refractivity contribution is -0.123. The Morgan fingerprint density at radius 1 is 1.09 bits per heavy atom. The number of esters is 1. The maximum Gasteiger partial charge on any atom is 0.338 e. The fourth-order valence-electron chi connectivity index (χ4n) is 3.55. The first-order valence-electron chi connectivity index (χ1n) is 10.4. The van der Waals surface area contributed by atoms with Gasteiger partial charge in [0.2, 0.25) is 0 Å². The lowest BCUT2D eigenvalue weighted by Gasteiger charge is -2.24. The highest BCUT2D eigenvalue weighted by Gasteiger charge is 2.36. The second-order valence-electron chi connectivity index (χ2n) is 8.84. The highest BCUT2D eigenvalue weighted by atomic mass is 32.2. The van der Waals surface area contributed by atoms with E-state index in [1.807, 2.05) is 19.1 Å². The molecule has 2 N–H and O–H groups in total. The van der Waals surface area contributed by atoms with Crippen molar-refractivity contribution in [2.75, 3.05) is 10.9 Å². The van der Waals surface area contributed by atoms with Crippen molar-refractivity contribution in [2.45, 2.75) is 50.6 Å². The molecule has 1 aliphatic rings. The van der Waals surface area contributed by atoms with Crippen LogP contribution in [0.1, 0.15) is 43.6 Å². The van der Waals surface area contributed by atoms with Gasteiger partial charge in [-0.05, 0) is 63.9 Å². The van der Waals surface area contributed by atoms with Gasteiger partial charge in [0.05, 0.1) is 16.1 Å². The van der Waals surface area contributed by atoms with Gasteiger partial charge < -0.3 is 10.1 Å². The molecule has 0 radical (unpaired) electrons. The number of nitrogens with zero attached hydrogens (tertiary/aromatic N) is 1. The minimum atomic E-state index is -3.93. The summed E-state index contributed by atoms with van der Waals surface area (Å²) in [6.45, 7) is 6.38. The van der Waals surface area contributed by atoms with E-state index in [-0.39, 0.29) is 16.5 Å². The van der Waals surface area contributed by atoms with Crippen LogP contribution in [0.5, 0.6) is 0 Å². The summed E-state index contributed by atoms with van der Waals surface area (Å²) >= 11 is 0. The fraction of sp³-hybridized carbons (Fsp3) is 0.348. The molecule has 0 unspecified atom stereocenters. The number of imide groups is 1. The standard InChI is InChI=1S/C23H27N3O6S/c1-15-12-16-8-5-6-11-19(16)26(15)33(30,31)18-10-7-9-17(13-18)21(28)32-14-20(27)24-22(29)25-23(2,3)4/h5-11,13,15H,12,14H2,1-4H3,(H2,24,25,27,29)/t15-/m1/s1. The Labute approximate surface area is 193 Å². The number of rotatable bonds is 5. The third-order valence-corrected chi connectivity index (χ3v) is 6.77. The third kappa shape index (κ3) is 5.70. The summed E-state index contributed by atoms with van der Waals surface area (Å²) in [5, 5.41) is 4.61. The lowest BCUT2D eigenvalue weighted by atomic mass is 10.1. The first kappa shape index (κ1) is 24.2. The molecular formula is C23H27N3O6S. The Morgan fingerprint density at radius 3 is 2.48 bits per heavy atom. The molecule has 9 nitrogen and oxygen atoms in total. The number of ether oxygens (including phenoxy) is 1. The fourth-order valence-corrected chi connectivity index (χ4v) is 5.29. The van der Waals surface area contributed by atoms with Gasteiger partial charge in [-0.15, -0.1) is 0 Å². The summed E-state index contributed by atoms with van der Waals surface area (Å²) in [6, 6.07) is 11.8. The number of amides is 3. The number of para-hydroxylation sites is 1. The second kappa shape index (κ2) is 9.22. The average molecular weight is 474 g/mol. The van der Waals surface area contributed by atoms with Crippen molar-refractivity contribution in [3.8, 4) is 0 Å². The van der Waals surface area contributed by atoms with Gasteiger partial charge >= 0.3 is 12.0 Å². The lowest BCUT2D eigenvalue weighted by Crippen LogP contribution is -2.49. The summed E-state index contributed by atoms with van der Waals surface area (Å²) in [5.41, 5.74) is 0.984. The van der Waals surface area contributed by atoms with Crippen molar-refractivity contribution in [1.29, 1.82) is 0 Å². The zero-order valence-corrected chi connectivity index (χ0v) is 19.7. The Bertz CT molecular complexity index is 1190. The molecule has 10 heteroatoms. The van der Waals surface area contributed by atoms with Crippen LogP contribution in [0.3, 0.4) is 0 Å². The summed E-state index contributed by atoms with van der Waals surface area (Å²) in [7, 11) is -3.93. The number of fused-ring (bicyclic) bond motifs is 1. The minimum Gasteiger partial charge on any atom is -0.452 e. The van der Waals surface area contributed by atoms with Crippen LogP contribution in [0.15, 0.2) is 53.4 Å². The predicted octanol–water partition coefficient (Wildman–Crippen LogP) is 2.61. The number of hydrogen-bond donors (Lipinski definition) is 2. The van der Waals surface area contributed by atoms with Crippen molar-refractivity contribution in [3.05, 3.63) is 59.7 Å². The summed E-state index contributed by atoms with van der Waals surface area (Å²) in [5.74, 6) is -1.69. The SMILES string of the molecule is C[C@@H]1Cc2ccccc2N1S(=O)(=O)c1cccc(C(=O)OCC(=O)NC(=O)NC(C)(C)C)c1. The molecule has 2 aromatic rings. The molecule has 176 valence electrons. The molecule has 0 fully saturated rings. The van der Waals surface area contributed by atoms with E-state index in [0.29, 0.717) is 12.1 Å². The molecule has 0 aromatic heterocycles. The van der Waals surface area contributed by atoms with E-state index in [2.05, 4.69) is 10.6 Å². The third-order valence-electron chi connectivity index (χ3n) is 4.85. The zero-order valence-electron chi connectivity index (χ0n) is 18.9. The smallest absolute Gasteiger partial charge is 0.338 e. The van der Waals surface area contributed by atoms with Crippen molar-refractivity contribution < 1.29 is 27.5 Å². The molecule has 0 aliphatic carbocycles. The topological polar surface area (TPSA) is 122 Å². The molecule has 0 spiro atoms. The van der Waals surface area contributed by atoms with Crippen LogP contribution in [0.2, 0.25) is 0 Å². The molecule has 2 aromatic carbocycles. The monoisotopic (exact) mass is 473 g/mol. The molecule has 3 amide bonds. The van der Waals surface area contributed by atoms with E-state index in [1.165, 1.54) is 28.6 Å². The molecule has 1 heterocycles. The van der Waals surface area contributed by atoms with E-state index in [0.717, 1.165) is 5.56 Å². The van der Waals surface area contributed by atoms with Crippen molar-refractivity contribution in [3.63, 3.8) is 0 Å². The van der Waals surface area contributed by atoms with Crippen LogP contribution >= 0.6 is 0 Å². The first-order valence-corrected chi connectivity index (χ1v) is 11.8. The number of nitrogens with one attached hydrogen (secondary N) is 2. The van der Waals surface area contributed by atoms with E-state index in [9.17, 15) is 22.8 Å². The maximum atomic E-state index is 13.3. The molecule has 1 aliphatic heterocycles. The van der Waals surface area contributed by atoms with Gasteiger partial charge in [0.15, 0.2) is 6.61 Å². The van der Waals surface area contributed by atoms with Gasteiger partial charge in [-0.2, -0.15) is 0 Å². The molecule has 0 saturated heterocycles. The summed E-state index contributed by atoms with van der Waals surface area (Å²) in [6.07, 6.45) is 0.592. The van der Waals surface area contributed by atoms with Crippen LogP contribution in [0.25, 0.3) is 0 Å². The van der Waals surface area contributed by atoms with Crippen LogP contribution in [-0.2, 0) is 26.0 Å². The number of carbonyl (C=O) groups excluding carboxylic acids is 3. The second-order valence-corrected chi connectivity index (χ2v) is 10.7. The molecule has 0 saturated carbocycles. The Hall–Kier alpha value is -3.40. The van der Waals surface area contributed by atoms with Gasteiger partial charge in [-0.1, -0.05) is 24.3 Å². The van der Waals surface area contributed by atoms with Crippen LogP contribution in [-0.4, -0.2) is 44.5 Å². The van der Waals surface area contributed by atoms with E-state index >= 15 is 0 Å². The normalized spacial score (nSPS) is 15.5. The zero-order chi connectivity index (χ0) is 24.4. The molecule has 33 heavy (non-hydrogen) atoms. The largest absolute Gasteiger partial charge is 0.452 e. The summed E-state index contributed by atoms with van der Waals surface area (Å²) < 4.78 is 33.0. The van der Waals surface area contributed by atoms with E-state index in [4.69, 9.17) is 4.74 Å². The molecule has 1 atom stereocenters. The quantitative estimate of drug-likeness (QED) is 0.644. The van der Waals surface area contributed by atoms with Gasteiger partial charge in [0.25, 0.3) is 15.9 Å². The molecule has 0 bridgehead atoms. The van der Waals surface area contributed by atoms with Crippen LogP contribution < -0.4 is 14.9 Å². The van der Waals surface area contributed by atoms with Gasteiger partial charge in [0.1, 0.15) is 0 Å². The number of hydrogen-bond acceptors (Lipinski definition) is 6. The van der Waals surface area contributed by atoms with Crippen molar-refractivity contribution in [1.82, 2.24) is 10.6 Å². The Balaban J connectivity index is 1.70. The number of carbonyl (C=O) groups is 3. The van der Waals surface area contributed by atoms with E-state index < -0.39 is 40.1 Å². The van der Waals surface area contributed by atoms with Crippen molar-refractivity contribution >= 4 is 33.6 Å². The Morgan fingerprint density at radius 2 is 1.79 bits per heavy atom. The number of urea groups is 1. The number of anilines is 1. The van der Waals surface area contributed by atoms with Crippen molar-refractivity contribution in [2.24, 2.45) is 0 Å². The average Bonchev–Trinajstić information content (AvgIpc) is 3.07. The highest BCUT2D eigenvalue weighted by molar-refractivity contribution is 7.92. The summed E-state index contributed by atoms with van der Waals surface area (Å²) in [4.78, 5) is 36.0. The molecule has 3 rings (SSSR count). The number of benzene rings is 2.